The van der Waals surface area contributed by atoms with Crippen LogP contribution in [0.2, 0.25) is 0 Å². The standard InChI is InChI=1S/C29H53NO9/c1-10-20-12-16(4)36-26(22(20)31)38-24-17(5)29(35)18(6)25(33)37-21(11-2)28(9,34)23(32)19(7)30-14-15(3)13-27(24,8)39-29/h15-24,26,30-32,34-35H,10-14H2,1-9H3/t15-,16-,17-,18+,19-,20+,21-,22-,23-,24-,26+,27-,28-,29+/m1/s1. The quantitative estimate of drug-likeness (QED) is 0.325. The summed E-state index contributed by atoms with van der Waals surface area (Å²) in [6.07, 6.45) is -2.53. The lowest BCUT2D eigenvalue weighted by Gasteiger charge is -2.42. The van der Waals surface area contributed by atoms with E-state index in [1.165, 1.54) is 6.92 Å². The third-order valence-electron chi connectivity index (χ3n) is 9.54. The van der Waals surface area contributed by atoms with E-state index in [2.05, 4.69) is 5.32 Å². The average molecular weight is 560 g/mol. The summed E-state index contributed by atoms with van der Waals surface area (Å²) in [6, 6.07) is -0.492. The van der Waals surface area contributed by atoms with Crippen LogP contribution in [0.15, 0.2) is 0 Å². The van der Waals surface area contributed by atoms with Crippen molar-refractivity contribution in [1.29, 1.82) is 0 Å². The summed E-state index contributed by atoms with van der Waals surface area (Å²) in [5, 5.41) is 48.5. The summed E-state index contributed by atoms with van der Waals surface area (Å²) >= 11 is 0. The zero-order valence-corrected chi connectivity index (χ0v) is 25.2. The Morgan fingerprint density at radius 2 is 1.69 bits per heavy atom. The zero-order chi connectivity index (χ0) is 29.5. The molecule has 0 spiro atoms. The monoisotopic (exact) mass is 559 g/mol. The Kier molecular flexibility index (Phi) is 10.2. The highest BCUT2D eigenvalue weighted by molar-refractivity contribution is 5.73. The van der Waals surface area contributed by atoms with E-state index < -0.39 is 71.5 Å². The van der Waals surface area contributed by atoms with E-state index in [0.717, 1.165) is 12.8 Å². The lowest BCUT2D eigenvalue weighted by Crippen LogP contribution is -2.59. The fourth-order valence-corrected chi connectivity index (χ4v) is 6.98. The van der Waals surface area contributed by atoms with Crippen molar-refractivity contribution in [1.82, 2.24) is 5.32 Å². The molecular formula is C29H53NO9. The Morgan fingerprint density at radius 1 is 1.05 bits per heavy atom. The number of carbonyl (C=O) groups excluding carboxylic acids is 1. The predicted octanol–water partition coefficient (Wildman–Crippen LogP) is 2.09. The maximum atomic E-state index is 13.4. The minimum absolute atomic E-state index is 0.00179. The molecule has 3 rings (SSSR count). The second-order valence-corrected chi connectivity index (χ2v) is 13.0. The number of fused-ring (bicyclic) bond motifs is 2. The molecule has 3 aliphatic heterocycles. The van der Waals surface area contributed by atoms with Crippen LogP contribution in [0.1, 0.15) is 88.0 Å². The van der Waals surface area contributed by atoms with Gasteiger partial charge in [-0.05, 0) is 72.3 Å². The summed E-state index contributed by atoms with van der Waals surface area (Å²) < 4.78 is 24.7. The maximum absolute atomic E-state index is 13.4. The van der Waals surface area contributed by atoms with Gasteiger partial charge in [0.2, 0.25) is 0 Å². The van der Waals surface area contributed by atoms with Gasteiger partial charge in [-0.25, -0.2) is 0 Å². The minimum Gasteiger partial charge on any atom is -0.459 e. The summed E-state index contributed by atoms with van der Waals surface area (Å²) in [6.45, 7) is 16.7. The summed E-state index contributed by atoms with van der Waals surface area (Å²) in [7, 11) is 0. The smallest absolute Gasteiger partial charge is 0.314 e. The molecule has 5 N–H and O–H groups in total. The van der Waals surface area contributed by atoms with Gasteiger partial charge in [0.25, 0.3) is 0 Å². The number of aliphatic hydroxyl groups is 4. The molecule has 3 heterocycles. The fourth-order valence-electron chi connectivity index (χ4n) is 6.98. The van der Waals surface area contributed by atoms with Crippen molar-refractivity contribution >= 4 is 5.97 Å². The molecule has 3 aliphatic rings. The second-order valence-electron chi connectivity index (χ2n) is 13.0. The predicted molar refractivity (Wildman–Crippen MR) is 144 cm³/mol. The first-order valence-electron chi connectivity index (χ1n) is 14.8. The highest BCUT2D eigenvalue weighted by Crippen LogP contribution is 2.50. The number of hydrogen-bond donors (Lipinski definition) is 5. The van der Waals surface area contributed by atoms with Crippen molar-refractivity contribution in [2.45, 2.75) is 148 Å². The molecule has 0 aromatic heterocycles. The van der Waals surface area contributed by atoms with Gasteiger partial charge >= 0.3 is 5.97 Å². The highest BCUT2D eigenvalue weighted by atomic mass is 16.7. The van der Waals surface area contributed by atoms with Crippen LogP contribution in [0.5, 0.6) is 0 Å². The molecule has 10 nitrogen and oxygen atoms in total. The zero-order valence-electron chi connectivity index (χ0n) is 25.2. The average Bonchev–Trinajstić information content (AvgIpc) is 3.06. The normalized spacial score (nSPS) is 52.2. The number of carbonyl (C=O) groups is 1. The van der Waals surface area contributed by atoms with Gasteiger partial charge in [-0.15, -0.1) is 0 Å². The molecule has 3 fully saturated rings. The van der Waals surface area contributed by atoms with Crippen molar-refractivity contribution in [3.8, 4) is 0 Å². The number of rotatable bonds is 4. The van der Waals surface area contributed by atoms with Crippen molar-refractivity contribution in [2.24, 2.45) is 23.7 Å². The highest BCUT2D eigenvalue weighted by Gasteiger charge is 2.64. The van der Waals surface area contributed by atoms with Gasteiger partial charge in [0, 0.05) is 12.0 Å². The summed E-state index contributed by atoms with van der Waals surface area (Å²) in [5.41, 5.74) is -2.76. The van der Waals surface area contributed by atoms with Gasteiger partial charge in [0.1, 0.15) is 29.8 Å². The molecule has 0 saturated carbocycles. The third kappa shape index (κ3) is 6.33. The van der Waals surface area contributed by atoms with Gasteiger partial charge in [-0.2, -0.15) is 0 Å². The van der Waals surface area contributed by atoms with Crippen LogP contribution in [-0.2, 0) is 23.7 Å². The Morgan fingerprint density at radius 3 is 2.28 bits per heavy atom. The van der Waals surface area contributed by atoms with Gasteiger partial charge in [0.15, 0.2) is 12.1 Å². The SMILES string of the molecule is CC[C@H]1C[C@@H](C)O[C@@H](O[C@@H]2[C@@H](C)[C@]3(O)O[C@]2(C)C[C@@H](C)CN[C@H](C)[C@@H](O)[C@](C)(O)[C@@H](CC)OC(=O)[C@@H]3C)[C@@H]1O. The molecule has 0 aromatic rings. The first-order chi connectivity index (χ1) is 18.0. The maximum Gasteiger partial charge on any atom is 0.314 e. The van der Waals surface area contributed by atoms with Gasteiger partial charge in [-0.1, -0.05) is 34.1 Å². The van der Waals surface area contributed by atoms with Crippen LogP contribution in [0, 0.1) is 23.7 Å². The van der Waals surface area contributed by atoms with Crippen molar-refractivity contribution in [3.05, 3.63) is 0 Å². The molecule has 228 valence electrons. The van der Waals surface area contributed by atoms with Crippen LogP contribution in [0.25, 0.3) is 0 Å². The van der Waals surface area contributed by atoms with Crippen LogP contribution in [0.3, 0.4) is 0 Å². The fraction of sp³-hybridized carbons (Fsp3) is 0.966. The van der Waals surface area contributed by atoms with E-state index in [9.17, 15) is 25.2 Å². The molecule has 10 heteroatoms. The molecule has 0 amide bonds. The lowest BCUT2D eigenvalue weighted by molar-refractivity contribution is -0.287. The third-order valence-corrected chi connectivity index (χ3v) is 9.54. The first-order valence-corrected chi connectivity index (χ1v) is 14.8. The molecule has 3 saturated heterocycles. The van der Waals surface area contributed by atoms with E-state index in [4.69, 9.17) is 18.9 Å². The number of ether oxygens (including phenoxy) is 4. The van der Waals surface area contributed by atoms with Crippen molar-refractivity contribution in [2.75, 3.05) is 6.54 Å². The molecule has 2 bridgehead atoms. The van der Waals surface area contributed by atoms with Gasteiger partial charge in [0.05, 0.1) is 17.8 Å². The Labute approximate surface area is 233 Å². The van der Waals surface area contributed by atoms with E-state index in [1.54, 1.807) is 27.7 Å². The number of esters is 1. The minimum atomic E-state index is -1.95. The van der Waals surface area contributed by atoms with Gasteiger partial charge < -0.3 is 44.7 Å². The van der Waals surface area contributed by atoms with Crippen LogP contribution < -0.4 is 5.32 Å². The second kappa shape index (κ2) is 12.2. The van der Waals surface area contributed by atoms with Crippen molar-refractivity contribution < 1.29 is 44.2 Å². The first kappa shape index (κ1) is 32.7. The molecule has 14 atom stereocenters. The van der Waals surface area contributed by atoms with E-state index in [1.807, 2.05) is 27.7 Å². The number of aliphatic hydroxyl groups excluding tert-OH is 2. The molecular weight excluding hydrogens is 506 g/mol. The van der Waals surface area contributed by atoms with Gasteiger partial charge in [-0.3, -0.25) is 4.79 Å². The largest absolute Gasteiger partial charge is 0.459 e. The van der Waals surface area contributed by atoms with E-state index in [-0.39, 0.29) is 24.4 Å². The van der Waals surface area contributed by atoms with E-state index >= 15 is 0 Å². The Bertz CT molecular complexity index is 842. The van der Waals surface area contributed by atoms with E-state index in [0.29, 0.717) is 13.0 Å². The molecule has 0 aliphatic carbocycles. The lowest BCUT2D eigenvalue weighted by atomic mass is 9.80. The molecule has 0 unspecified atom stereocenters. The number of nitrogens with one attached hydrogen (secondary N) is 1. The Hall–Kier alpha value is -0.850. The molecule has 39 heavy (non-hydrogen) atoms. The number of hydrogen-bond acceptors (Lipinski definition) is 10. The molecule has 0 aromatic carbocycles. The summed E-state index contributed by atoms with van der Waals surface area (Å²) in [4.78, 5) is 13.4. The summed E-state index contributed by atoms with van der Waals surface area (Å²) in [5.74, 6) is -4.48. The van der Waals surface area contributed by atoms with Crippen LogP contribution in [-0.4, -0.2) is 92.8 Å². The van der Waals surface area contributed by atoms with Crippen molar-refractivity contribution in [3.63, 3.8) is 0 Å². The topological polar surface area (TPSA) is 147 Å². The van der Waals surface area contributed by atoms with Crippen LogP contribution in [0.4, 0.5) is 0 Å². The Balaban J connectivity index is 1.99. The van der Waals surface area contributed by atoms with Crippen LogP contribution >= 0.6 is 0 Å². The number of cyclic esters (lactones) is 1. The molecule has 0 radical (unpaired) electrons.